The predicted octanol–water partition coefficient (Wildman–Crippen LogP) is 2.53. The smallest absolute Gasteiger partial charge is 0.338 e. The number of hydrogen-bond acceptors (Lipinski definition) is 8. The van der Waals surface area contributed by atoms with E-state index in [1.807, 2.05) is 0 Å². The number of ketones is 1. The third kappa shape index (κ3) is 4.76. The Balaban J connectivity index is 1.39. The van der Waals surface area contributed by atoms with Crippen LogP contribution in [-0.4, -0.2) is 33.6 Å². The second kappa shape index (κ2) is 8.62. The first kappa shape index (κ1) is 20.6. The van der Waals surface area contributed by atoms with Crippen LogP contribution in [0.3, 0.4) is 0 Å². The van der Waals surface area contributed by atoms with E-state index in [2.05, 4.69) is 4.72 Å². The maximum absolute atomic E-state index is 12.5. The van der Waals surface area contributed by atoms with Crippen molar-refractivity contribution in [2.24, 2.45) is 0 Å². The summed E-state index contributed by atoms with van der Waals surface area (Å²) in [6.45, 7) is -0.460. The Labute approximate surface area is 177 Å². The highest BCUT2D eigenvalue weighted by molar-refractivity contribution is 7.89. The molecule has 0 saturated carbocycles. The number of sulfonamides is 1. The van der Waals surface area contributed by atoms with Gasteiger partial charge in [-0.25, -0.2) is 17.9 Å². The van der Waals surface area contributed by atoms with Crippen LogP contribution in [0.5, 0.6) is 11.5 Å². The standard InChI is InChI=1S/C21H17NO8S/c23-18(14-6-7-19-20(10-14)30-13-29-19)12-28-21(24)15-3-1-5-17(9-15)31(25,26)22-11-16-4-2-8-27-16/h1-10,22H,11-13H2. The number of fused-ring (bicyclic) bond motifs is 1. The maximum Gasteiger partial charge on any atom is 0.338 e. The molecule has 0 fully saturated rings. The van der Waals surface area contributed by atoms with E-state index in [0.29, 0.717) is 22.8 Å². The van der Waals surface area contributed by atoms with Gasteiger partial charge < -0.3 is 18.6 Å². The minimum atomic E-state index is -3.88. The normalized spacial score (nSPS) is 12.5. The summed E-state index contributed by atoms with van der Waals surface area (Å²) in [5.74, 6) is 0.165. The zero-order valence-electron chi connectivity index (χ0n) is 16.1. The molecule has 0 saturated heterocycles. The average Bonchev–Trinajstić information content (AvgIpc) is 3.47. The van der Waals surface area contributed by atoms with E-state index in [0.717, 1.165) is 0 Å². The lowest BCUT2D eigenvalue weighted by molar-refractivity contribution is 0.0474. The molecule has 2 heterocycles. The van der Waals surface area contributed by atoms with E-state index in [9.17, 15) is 18.0 Å². The maximum atomic E-state index is 12.5. The van der Waals surface area contributed by atoms with Crippen molar-refractivity contribution in [2.75, 3.05) is 13.4 Å². The summed E-state index contributed by atoms with van der Waals surface area (Å²) in [6.07, 6.45) is 1.44. The van der Waals surface area contributed by atoms with Gasteiger partial charge >= 0.3 is 5.97 Å². The highest BCUT2D eigenvalue weighted by Gasteiger charge is 2.20. The zero-order valence-corrected chi connectivity index (χ0v) is 16.9. The van der Waals surface area contributed by atoms with Crippen molar-refractivity contribution >= 4 is 21.8 Å². The van der Waals surface area contributed by atoms with Crippen molar-refractivity contribution in [1.29, 1.82) is 0 Å². The largest absolute Gasteiger partial charge is 0.468 e. The van der Waals surface area contributed by atoms with Crippen LogP contribution in [0, 0.1) is 0 Å². The molecule has 1 aliphatic rings. The lowest BCUT2D eigenvalue weighted by Gasteiger charge is -2.08. The Morgan fingerprint density at radius 2 is 1.81 bits per heavy atom. The van der Waals surface area contributed by atoms with Gasteiger partial charge in [0.05, 0.1) is 23.3 Å². The minimum absolute atomic E-state index is 0.000592. The Kier molecular flexibility index (Phi) is 5.74. The number of benzene rings is 2. The van der Waals surface area contributed by atoms with Gasteiger partial charge in [0.1, 0.15) is 5.76 Å². The van der Waals surface area contributed by atoms with Gasteiger partial charge in [-0.15, -0.1) is 0 Å². The van der Waals surface area contributed by atoms with Crippen LogP contribution in [0.15, 0.2) is 70.2 Å². The first-order valence-electron chi connectivity index (χ1n) is 9.14. The molecular formula is C21H17NO8S. The molecule has 1 aliphatic heterocycles. The summed E-state index contributed by atoms with van der Waals surface area (Å²) >= 11 is 0. The summed E-state index contributed by atoms with van der Waals surface area (Å²) in [5, 5.41) is 0. The van der Waals surface area contributed by atoms with Crippen molar-refractivity contribution in [2.45, 2.75) is 11.4 Å². The van der Waals surface area contributed by atoms with E-state index in [-0.39, 0.29) is 23.8 Å². The number of ether oxygens (including phenoxy) is 3. The van der Waals surface area contributed by atoms with Gasteiger partial charge in [0.2, 0.25) is 16.8 Å². The van der Waals surface area contributed by atoms with Crippen molar-refractivity contribution in [3.05, 3.63) is 77.7 Å². The number of furan rings is 1. The van der Waals surface area contributed by atoms with Crippen molar-refractivity contribution in [3.8, 4) is 11.5 Å². The van der Waals surface area contributed by atoms with Crippen LogP contribution in [0.2, 0.25) is 0 Å². The van der Waals surface area contributed by atoms with Crippen LogP contribution in [0.1, 0.15) is 26.5 Å². The van der Waals surface area contributed by atoms with E-state index in [1.165, 1.54) is 36.6 Å². The van der Waals surface area contributed by atoms with E-state index in [1.54, 1.807) is 24.3 Å². The lowest BCUT2D eigenvalue weighted by atomic mass is 10.1. The second-order valence-electron chi connectivity index (χ2n) is 6.50. The fourth-order valence-corrected chi connectivity index (χ4v) is 3.86. The number of carbonyl (C=O) groups is 2. The lowest BCUT2D eigenvalue weighted by Crippen LogP contribution is -2.23. The molecule has 160 valence electrons. The molecule has 2 aromatic carbocycles. The van der Waals surface area contributed by atoms with Crippen molar-refractivity contribution < 1.29 is 36.6 Å². The van der Waals surface area contributed by atoms with Crippen LogP contribution >= 0.6 is 0 Å². The highest BCUT2D eigenvalue weighted by atomic mass is 32.2. The van der Waals surface area contributed by atoms with Gasteiger partial charge in [-0.3, -0.25) is 4.79 Å². The molecule has 0 spiro atoms. The first-order chi connectivity index (χ1) is 14.9. The monoisotopic (exact) mass is 443 g/mol. The SMILES string of the molecule is O=C(COC(=O)c1cccc(S(=O)(=O)NCc2ccco2)c1)c1ccc2c(c1)OCO2. The summed E-state index contributed by atoms with van der Waals surface area (Å²) in [4.78, 5) is 24.5. The van der Waals surface area contributed by atoms with Gasteiger partial charge in [0.25, 0.3) is 0 Å². The average molecular weight is 443 g/mol. The van der Waals surface area contributed by atoms with Crippen LogP contribution in [0.4, 0.5) is 0 Å². The molecule has 1 aromatic heterocycles. The van der Waals surface area contributed by atoms with Crippen LogP contribution in [0.25, 0.3) is 0 Å². The molecule has 10 heteroatoms. The molecule has 0 bridgehead atoms. The molecule has 3 aromatic rings. The molecule has 0 atom stereocenters. The Morgan fingerprint density at radius 3 is 2.61 bits per heavy atom. The van der Waals surface area contributed by atoms with Gasteiger partial charge in [0.15, 0.2) is 23.9 Å². The summed E-state index contributed by atoms with van der Waals surface area (Å²) in [5.41, 5.74) is 0.301. The fraction of sp³-hybridized carbons (Fsp3) is 0.143. The number of hydrogen-bond donors (Lipinski definition) is 1. The molecular weight excluding hydrogens is 426 g/mol. The van der Waals surface area contributed by atoms with Crippen molar-refractivity contribution in [1.82, 2.24) is 4.72 Å². The Hall–Kier alpha value is -3.63. The quantitative estimate of drug-likeness (QED) is 0.416. The summed E-state index contributed by atoms with van der Waals surface area (Å²) in [7, 11) is -3.88. The number of nitrogens with one attached hydrogen (secondary N) is 1. The fourth-order valence-electron chi connectivity index (χ4n) is 2.82. The zero-order chi connectivity index (χ0) is 21.8. The van der Waals surface area contributed by atoms with Gasteiger partial charge in [-0.2, -0.15) is 0 Å². The predicted molar refractivity (Wildman–Crippen MR) is 106 cm³/mol. The summed E-state index contributed by atoms with van der Waals surface area (Å²) in [6, 6.07) is 13.3. The Morgan fingerprint density at radius 1 is 0.968 bits per heavy atom. The third-order valence-corrected chi connectivity index (χ3v) is 5.82. The number of rotatable bonds is 8. The molecule has 4 rings (SSSR count). The molecule has 0 unspecified atom stereocenters. The Bertz CT molecular complexity index is 1220. The number of esters is 1. The second-order valence-corrected chi connectivity index (χ2v) is 8.27. The van der Waals surface area contributed by atoms with Gasteiger partial charge in [-0.1, -0.05) is 6.07 Å². The van der Waals surface area contributed by atoms with E-state index >= 15 is 0 Å². The molecule has 0 radical (unpaired) electrons. The van der Waals surface area contributed by atoms with Crippen molar-refractivity contribution in [3.63, 3.8) is 0 Å². The van der Waals surface area contributed by atoms with Crippen LogP contribution < -0.4 is 14.2 Å². The number of Topliss-reactive ketones (excluding diaryl/α,β-unsaturated/α-hetero) is 1. The molecule has 9 nitrogen and oxygen atoms in total. The minimum Gasteiger partial charge on any atom is -0.468 e. The molecule has 0 aliphatic carbocycles. The van der Waals surface area contributed by atoms with E-state index in [4.69, 9.17) is 18.6 Å². The topological polar surface area (TPSA) is 121 Å². The highest BCUT2D eigenvalue weighted by Crippen LogP contribution is 2.32. The molecule has 1 N–H and O–H groups in total. The third-order valence-electron chi connectivity index (χ3n) is 4.43. The van der Waals surface area contributed by atoms with Crippen LogP contribution in [-0.2, 0) is 21.3 Å². The molecule has 31 heavy (non-hydrogen) atoms. The van der Waals surface area contributed by atoms with E-state index < -0.39 is 28.4 Å². The van der Waals surface area contributed by atoms with Gasteiger partial charge in [0, 0.05) is 5.56 Å². The number of carbonyl (C=O) groups excluding carboxylic acids is 2. The summed E-state index contributed by atoms with van der Waals surface area (Å²) < 4.78 is 47.9. The molecule has 0 amide bonds. The first-order valence-corrected chi connectivity index (χ1v) is 10.6. The van der Waals surface area contributed by atoms with Gasteiger partial charge in [-0.05, 0) is 48.5 Å².